The van der Waals surface area contributed by atoms with Crippen LogP contribution in [0.3, 0.4) is 0 Å². The van der Waals surface area contributed by atoms with Crippen molar-refractivity contribution in [2.75, 3.05) is 42.7 Å². The Morgan fingerprint density at radius 1 is 1.02 bits per heavy atom. The molecule has 5 rings (SSSR count). The molecule has 40 heavy (non-hydrogen) atoms. The number of fused-ring (bicyclic) bond motifs is 2. The second kappa shape index (κ2) is 12.2. The number of hydrogen-bond donors (Lipinski definition) is 0. The second-order valence-electron chi connectivity index (χ2n) is 9.17. The van der Waals surface area contributed by atoms with Gasteiger partial charge in [-0.3, -0.25) is 9.36 Å². The molecule has 1 aromatic heterocycles. The van der Waals surface area contributed by atoms with E-state index in [0.29, 0.717) is 17.1 Å². The monoisotopic (exact) mass is 572 g/mol. The van der Waals surface area contributed by atoms with Gasteiger partial charge < -0.3 is 33.2 Å². The molecule has 0 spiro atoms. The van der Waals surface area contributed by atoms with E-state index in [9.17, 15) is 9.59 Å². The highest BCUT2D eigenvalue weighted by atomic mass is 32.1. The number of esters is 2. The van der Waals surface area contributed by atoms with Crippen molar-refractivity contribution in [3.8, 4) is 11.5 Å². The summed E-state index contributed by atoms with van der Waals surface area (Å²) in [4.78, 5) is 29.7. The van der Waals surface area contributed by atoms with E-state index < -0.39 is 47.5 Å². The molecule has 3 aliphatic carbocycles. The third-order valence-corrected chi connectivity index (χ3v) is 7.85. The van der Waals surface area contributed by atoms with Gasteiger partial charge in [-0.1, -0.05) is 18.2 Å². The first-order valence-electron chi connectivity index (χ1n) is 12.4. The van der Waals surface area contributed by atoms with Crippen molar-refractivity contribution in [3.05, 3.63) is 66.3 Å². The Kier molecular flexibility index (Phi) is 8.92. The number of carbonyl (C=O) groups excluding carboxylic acids is 2. The topological polar surface area (TPSA) is 117 Å². The predicted molar refractivity (Wildman–Crippen MR) is 146 cm³/mol. The van der Waals surface area contributed by atoms with E-state index in [-0.39, 0.29) is 5.17 Å². The number of allylic oxidation sites excluding steroid dienone is 1. The molecule has 5 unspecified atom stereocenters. The Labute approximate surface area is 237 Å². The number of benzene rings is 1. The summed E-state index contributed by atoms with van der Waals surface area (Å²) in [6.07, 6.45) is 8.77. The fourth-order valence-electron chi connectivity index (χ4n) is 5.85. The predicted octanol–water partition coefficient (Wildman–Crippen LogP) is 2.90. The molecule has 3 aliphatic rings. The molecule has 0 radical (unpaired) electrons. The van der Waals surface area contributed by atoms with E-state index in [2.05, 4.69) is 4.98 Å². The van der Waals surface area contributed by atoms with E-state index in [1.165, 1.54) is 40.8 Å². The van der Waals surface area contributed by atoms with Crippen molar-refractivity contribution >= 4 is 29.3 Å². The summed E-state index contributed by atoms with van der Waals surface area (Å²) < 4.78 is 41.2. The van der Waals surface area contributed by atoms with Crippen LogP contribution in [0.1, 0.15) is 11.5 Å². The largest absolute Gasteiger partial charge is 0.493 e. The number of ether oxygens (including phenoxy) is 7. The van der Waals surface area contributed by atoms with E-state index in [4.69, 9.17) is 45.4 Å². The highest BCUT2D eigenvalue weighted by Crippen LogP contribution is 2.60. The average Bonchev–Trinajstić information content (AvgIpc) is 3.54. The Balaban J connectivity index is 1.95. The molecule has 1 aromatic carbocycles. The summed E-state index contributed by atoms with van der Waals surface area (Å²) in [5.41, 5.74) is 1.40. The van der Waals surface area contributed by atoms with Crippen molar-refractivity contribution in [3.63, 3.8) is 0 Å². The van der Waals surface area contributed by atoms with Crippen LogP contribution in [-0.2, 0) is 33.3 Å². The van der Waals surface area contributed by atoms with Crippen LogP contribution in [0.5, 0.6) is 11.5 Å². The van der Waals surface area contributed by atoms with Crippen molar-refractivity contribution in [2.45, 2.75) is 17.8 Å². The number of rotatable bonds is 9. The van der Waals surface area contributed by atoms with Crippen LogP contribution in [0.2, 0.25) is 0 Å². The standard InChI is InChI=1S/C28H32N2O9S/c1-33-19-9-7-16(14-20(19)34-2)22-18-13-17(8-10-21(31)35-3)24(23(22)26(32)36-4)28(37-5,38-6)25(18)39-27(40)30-12-11-29-15-30/h7-15,18,22-25H,1-6H3/b10-8+. The van der Waals surface area contributed by atoms with E-state index >= 15 is 0 Å². The smallest absolute Gasteiger partial charge is 0.330 e. The number of carbonyl (C=O) groups is 2. The van der Waals surface area contributed by atoms with E-state index in [1.54, 1.807) is 43.3 Å². The second-order valence-corrected chi connectivity index (χ2v) is 9.52. The molecule has 214 valence electrons. The van der Waals surface area contributed by atoms with Crippen LogP contribution in [0, 0.1) is 17.8 Å². The van der Waals surface area contributed by atoms with Crippen LogP contribution >= 0.6 is 12.2 Å². The summed E-state index contributed by atoms with van der Waals surface area (Å²) in [6, 6.07) is 5.47. The Hall–Kier alpha value is -3.74. The van der Waals surface area contributed by atoms with E-state index in [0.717, 1.165) is 5.56 Å². The maximum Gasteiger partial charge on any atom is 0.330 e. The van der Waals surface area contributed by atoms with Crippen molar-refractivity contribution in [1.29, 1.82) is 0 Å². The highest BCUT2D eigenvalue weighted by molar-refractivity contribution is 7.80. The normalized spacial score (nSPS) is 24.8. The molecular formula is C28H32N2O9S. The fourth-order valence-corrected chi connectivity index (χ4v) is 6.07. The molecule has 1 heterocycles. The summed E-state index contributed by atoms with van der Waals surface area (Å²) in [6.45, 7) is 0. The Bertz CT molecular complexity index is 1300. The highest BCUT2D eigenvalue weighted by Gasteiger charge is 2.67. The lowest BCUT2D eigenvalue weighted by Crippen LogP contribution is -2.67. The number of methoxy groups -OCH3 is 6. The zero-order valence-corrected chi connectivity index (χ0v) is 23.9. The van der Waals surface area contributed by atoms with Crippen molar-refractivity contribution in [2.24, 2.45) is 17.8 Å². The van der Waals surface area contributed by atoms with Gasteiger partial charge in [0.1, 0.15) is 6.33 Å². The van der Waals surface area contributed by atoms with Gasteiger partial charge in [-0.2, -0.15) is 0 Å². The van der Waals surface area contributed by atoms with Gasteiger partial charge in [0.05, 0.1) is 40.3 Å². The van der Waals surface area contributed by atoms with Crippen molar-refractivity contribution < 1.29 is 42.7 Å². The molecule has 2 aromatic rings. The SMILES string of the molecule is COC(=O)/C=C/C1=CC2C(c3ccc(OC)c(OC)c3)C(C(=O)OC)C1C(OC)(OC)C2OC(=S)n1ccnc1. The van der Waals surface area contributed by atoms with Gasteiger partial charge in [-0.25, -0.2) is 9.78 Å². The molecular weight excluding hydrogens is 540 g/mol. The minimum absolute atomic E-state index is 0.120. The molecule has 0 saturated heterocycles. The first kappa shape index (κ1) is 29.2. The van der Waals surface area contributed by atoms with Gasteiger partial charge in [-0.05, 0) is 35.5 Å². The van der Waals surface area contributed by atoms with Crippen LogP contribution in [-0.4, -0.2) is 81.2 Å². The summed E-state index contributed by atoms with van der Waals surface area (Å²) in [5.74, 6) is -4.12. The van der Waals surface area contributed by atoms with Crippen molar-refractivity contribution in [1.82, 2.24) is 9.55 Å². The Morgan fingerprint density at radius 3 is 2.33 bits per heavy atom. The summed E-state index contributed by atoms with van der Waals surface area (Å²) in [5, 5.41) is 0.120. The molecule has 2 bridgehead atoms. The lowest BCUT2D eigenvalue weighted by atomic mass is 9.53. The fraction of sp³-hybridized carbons (Fsp3) is 0.429. The quantitative estimate of drug-likeness (QED) is 0.191. The molecule has 0 N–H and O–H groups in total. The van der Waals surface area contributed by atoms with Crippen LogP contribution in [0.15, 0.2) is 60.7 Å². The number of aromatic nitrogens is 2. The zero-order chi connectivity index (χ0) is 29.0. The lowest BCUT2D eigenvalue weighted by molar-refractivity contribution is -0.313. The maximum absolute atomic E-state index is 13.6. The summed E-state index contributed by atoms with van der Waals surface area (Å²) in [7, 11) is 8.65. The van der Waals surface area contributed by atoms with E-state index in [1.807, 2.05) is 18.2 Å². The lowest BCUT2D eigenvalue weighted by Gasteiger charge is -2.58. The molecule has 1 saturated carbocycles. The number of imidazole rings is 1. The number of hydrogen-bond acceptors (Lipinski definition) is 11. The van der Waals surface area contributed by atoms with Gasteiger partial charge >= 0.3 is 11.9 Å². The zero-order valence-electron chi connectivity index (χ0n) is 23.1. The molecule has 1 fully saturated rings. The van der Waals surface area contributed by atoms with Gasteiger partial charge in [0.2, 0.25) is 5.79 Å². The maximum atomic E-state index is 13.6. The molecule has 11 nitrogen and oxygen atoms in total. The average molecular weight is 573 g/mol. The number of nitrogens with zero attached hydrogens (tertiary/aromatic N) is 2. The number of thiocarbonyl (C=S) groups is 1. The van der Waals surface area contributed by atoms with Crippen LogP contribution in [0.4, 0.5) is 0 Å². The van der Waals surface area contributed by atoms with Gasteiger partial charge in [0.25, 0.3) is 5.17 Å². The van der Waals surface area contributed by atoms with Gasteiger partial charge in [-0.15, -0.1) is 0 Å². The van der Waals surface area contributed by atoms with Gasteiger partial charge in [0.15, 0.2) is 17.6 Å². The minimum atomic E-state index is -1.49. The molecule has 0 aliphatic heterocycles. The summed E-state index contributed by atoms with van der Waals surface area (Å²) >= 11 is 5.60. The third kappa shape index (κ3) is 4.98. The first-order valence-corrected chi connectivity index (χ1v) is 12.8. The molecule has 12 heteroatoms. The molecule has 5 atom stereocenters. The van der Waals surface area contributed by atoms with Gasteiger partial charge in [0, 0.05) is 44.5 Å². The Morgan fingerprint density at radius 2 is 1.75 bits per heavy atom. The molecule has 0 amide bonds. The van der Waals surface area contributed by atoms with Crippen LogP contribution in [0.25, 0.3) is 0 Å². The first-order chi connectivity index (χ1) is 19.3. The third-order valence-electron chi connectivity index (χ3n) is 7.54. The van der Waals surface area contributed by atoms with Crippen LogP contribution < -0.4 is 9.47 Å². The minimum Gasteiger partial charge on any atom is -0.493 e.